The first-order valence-corrected chi connectivity index (χ1v) is 14.4. The topological polar surface area (TPSA) is 58.6 Å². The molecular weight excluding hydrogens is 484 g/mol. The van der Waals surface area contributed by atoms with Crippen molar-refractivity contribution < 1.29 is 14.3 Å². The largest absolute Gasteiger partial charge is 0.494 e. The summed E-state index contributed by atoms with van der Waals surface area (Å²) in [7, 11) is 0. The summed E-state index contributed by atoms with van der Waals surface area (Å²) in [5.74, 6) is 0.725. The molecule has 0 aromatic heterocycles. The number of carbonyl (C=O) groups excluding carboxylic acids is 2. The first-order chi connectivity index (χ1) is 19.0. The third-order valence-electron chi connectivity index (χ3n) is 7.52. The van der Waals surface area contributed by atoms with E-state index >= 15 is 0 Å². The molecule has 5 heteroatoms. The summed E-state index contributed by atoms with van der Waals surface area (Å²) in [4.78, 5) is 29.4. The van der Waals surface area contributed by atoms with Crippen LogP contribution in [0.25, 0.3) is 0 Å². The van der Waals surface area contributed by atoms with Crippen molar-refractivity contribution >= 4 is 11.8 Å². The molecule has 1 saturated carbocycles. The second-order valence-corrected chi connectivity index (χ2v) is 10.8. The van der Waals surface area contributed by atoms with Gasteiger partial charge in [0.05, 0.1) is 6.61 Å². The van der Waals surface area contributed by atoms with Gasteiger partial charge in [-0.3, -0.25) is 9.59 Å². The molecule has 0 bridgehead atoms. The molecule has 0 saturated heterocycles. The predicted molar refractivity (Wildman–Crippen MR) is 157 cm³/mol. The van der Waals surface area contributed by atoms with Gasteiger partial charge >= 0.3 is 0 Å². The lowest BCUT2D eigenvalue weighted by molar-refractivity contribution is -0.141. The molecule has 0 heterocycles. The van der Waals surface area contributed by atoms with E-state index < -0.39 is 6.04 Å². The molecule has 0 aliphatic heterocycles. The smallest absolute Gasteiger partial charge is 0.243 e. The minimum atomic E-state index is -0.582. The van der Waals surface area contributed by atoms with Crippen LogP contribution in [-0.2, 0) is 22.6 Å². The van der Waals surface area contributed by atoms with Gasteiger partial charge in [0.2, 0.25) is 11.8 Å². The number of nitrogens with zero attached hydrogens (tertiary/aromatic N) is 1. The van der Waals surface area contributed by atoms with Crippen molar-refractivity contribution in [1.82, 2.24) is 10.2 Å². The van der Waals surface area contributed by atoms with E-state index in [2.05, 4.69) is 36.5 Å². The van der Waals surface area contributed by atoms with Crippen molar-refractivity contribution in [3.8, 4) is 5.75 Å². The van der Waals surface area contributed by atoms with Gasteiger partial charge in [0.25, 0.3) is 0 Å². The Bertz CT molecular complexity index is 1170. The van der Waals surface area contributed by atoms with Gasteiger partial charge in [-0.2, -0.15) is 0 Å². The second-order valence-electron chi connectivity index (χ2n) is 10.8. The van der Waals surface area contributed by atoms with Crippen LogP contribution in [0.4, 0.5) is 0 Å². The van der Waals surface area contributed by atoms with Crippen LogP contribution in [0, 0.1) is 13.8 Å². The van der Waals surface area contributed by atoms with Gasteiger partial charge in [-0.05, 0) is 56.4 Å². The van der Waals surface area contributed by atoms with Gasteiger partial charge in [0.15, 0.2) is 0 Å². The number of hydrogen-bond acceptors (Lipinski definition) is 3. The highest BCUT2D eigenvalue weighted by Gasteiger charge is 2.31. The number of amides is 2. The van der Waals surface area contributed by atoms with Gasteiger partial charge in [0.1, 0.15) is 11.8 Å². The molecule has 2 amide bonds. The summed E-state index contributed by atoms with van der Waals surface area (Å²) in [6, 6.07) is 25.8. The molecule has 5 nitrogen and oxygen atoms in total. The van der Waals surface area contributed by atoms with E-state index in [1.165, 1.54) is 17.5 Å². The Kier molecular flexibility index (Phi) is 10.6. The van der Waals surface area contributed by atoms with Gasteiger partial charge < -0.3 is 15.0 Å². The normalized spacial score (nSPS) is 14.4. The average Bonchev–Trinajstić information content (AvgIpc) is 2.96. The summed E-state index contributed by atoms with van der Waals surface area (Å²) in [6.07, 6.45) is 6.90. The Balaban J connectivity index is 1.51. The summed E-state index contributed by atoms with van der Waals surface area (Å²) >= 11 is 0. The average molecular weight is 527 g/mol. The highest BCUT2D eigenvalue weighted by Crippen LogP contribution is 2.21. The van der Waals surface area contributed by atoms with E-state index in [1.54, 1.807) is 4.90 Å². The fourth-order valence-electron chi connectivity index (χ4n) is 5.18. The quantitative estimate of drug-likeness (QED) is 0.272. The molecule has 0 radical (unpaired) electrons. The van der Waals surface area contributed by atoms with Gasteiger partial charge in [0, 0.05) is 25.4 Å². The first-order valence-electron chi connectivity index (χ1n) is 14.4. The van der Waals surface area contributed by atoms with Crippen molar-refractivity contribution in [2.45, 2.75) is 83.8 Å². The number of carbonyl (C=O) groups is 2. The minimum absolute atomic E-state index is 0.0252. The number of benzene rings is 3. The van der Waals surface area contributed by atoms with E-state index in [4.69, 9.17) is 4.74 Å². The van der Waals surface area contributed by atoms with Crippen molar-refractivity contribution in [2.24, 2.45) is 0 Å². The fraction of sp³-hybridized carbons (Fsp3) is 0.412. The maximum absolute atomic E-state index is 13.8. The molecule has 39 heavy (non-hydrogen) atoms. The number of rotatable bonds is 12. The standard InChI is InChI=1S/C34H42N2O3/c1-26-15-19-29(20-16-26)25-36(33(37)14-9-23-39-31-21-17-27(2)18-22-31)32(24-28-10-5-3-6-11-28)34(38)35-30-12-7-4-8-13-30/h3,5-6,10-11,15-22,30,32H,4,7-9,12-14,23-25H2,1-2H3,(H,35,38). The molecule has 1 fully saturated rings. The van der Waals surface area contributed by atoms with Crippen LogP contribution in [-0.4, -0.2) is 35.4 Å². The van der Waals surface area contributed by atoms with Crippen molar-refractivity contribution in [3.05, 3.63) is 101 Å². The van der Waals surface area contributed by atoms with E-state index in [1.807, 2.05) is 61.5 Å². The molecule has 0 spiro atoms. The molecule has 3 aromatic carbocycles. The molecule has 1 N–H and O–H groups in total. The van der Waals surface area contributed by atoms with Crippen LogP contribution in [0.5, 0.6) is 5.75 Å². The van der Waals surface area contributed by atoms with Crippen LogP contribution >= 0.6 is 0 Å². The zero-order valence-electron chi connectivity index (χ0n) is 23.4. The molecule has 1 aliphatic carbocycles. The lowest BCUT2D eigenvalue weighted by Crippen LogP contribution is -2.52. The predicted octanol–water partition coefficient (Wildman–Crippen LogP) is 6.55. The van der Waals surface area contributed by atoms with Crippen LogP contribution in [0.15, 0.2) is 78.9 Å². The Morgan fingerprint density at radius 2 is 1.49 bits per heavy atom. The number of aryl methyl sites for hydroxylation is 2. The summed E-state index contributed by atoms with van der Waals surface area (Å²) in [5, 5.41) is 3.31. The molecule has 4 rings (SSSR count). The zero-order valence-corrected chi connectivity index (χ0v) is 23.4. The maximum Gasteiger partial charge on any atom is 0.243 e. The van der Waals surface area contributed by atoms with Crippen LogP contribution in [0.2, 0.25) is 0 Å². The molecule has 1 aliphatic rings. The van der Waals surface area contributed by atoms with Gasteiger partial charge in [-0.15, -0.1) is 0 Å². The van der Waals surface area contributed by atoms with Crippen molar-refractivity contribution in [2.75, 3.05) is 6.61 Å². The van der Waals surface area contributed by atoms with E-state index in [9.17, 15) is 9.59 Å². The maximum atomic E-state index is 13.8. The Morgan fingerprint density at radius 3 is 2.15 bits per heavy atom. The minimum Gasteiger partial charge on any atom is -0.494 e. The highest BCUT2D eigenvalue weighted by atomic mass is 16.5. The lowest BCUT2D eigenvalue weighted by atomic mass is 9.94. The van der Waals surface area contributed by atoms with Crippen molar-refractivity contribution in [3.63, 3.8) is 0 Å². The third-order valence-corrected chi connectivity index (χ3v) is 7.52. The third kappa shape index (κ3) is 8.98. The molecule has 3 aromatic rings. The van der Waals surface area contributed by atoms with Crippen LogP contribution < -0.4 is 10.1 Å². The molecule has 206 valence electrons. The SMILES string of the molecule is Cc1ccc(CN(C(=O)CCCOc2ccc(C)cc2)C(Cc2ccccc2)C(=O)NC2CCCCC2)cc1. The second kappa shape index (κ2) is 14.5. The summed E-state index contributed by atoms with van der Waals surface area (Å²) in [6.45, 7) is 4.94. The number of ether oxygens (including phenoxy) is 1. The van der Waals surface area contributed by atoms with Crippen LogP contribution in [0.3, 0.4) is 0 Å². The summed E-state index contributed by atoms with van der Waals surface area (Å²) in [5.41, 5.74) is 4.42. The van der Waals surface area contributed by atoms with E-state index in [0.717, 1.165) is 42.6 Å². The Hall–Kier alpha value is -3.60. The zero-order chi connectivity index (χ0) is 27.5. The number of hydrogen-bond donors (Lipinski definition) is 1. The van der Waals surface area contributed by atoms with Crippen molar-refractivity contribution in [1.29, 1.82) is 0 Å². The monoisotopic (exact) mass is 526 g/mol. The highest BCUT2D eigenvalue weighted by molar-refractivity contribution is 5.88. The molecule has 1 atom stereocenters. The molecular formula is C34H42N2O3. The molecule has 1 unspecified atom stereocenters. The summed E-state index contributed by atoms with van der Waals surface area (Å²) < 4.78 is 5.88. The fourth-order valence-corrected chi connectivity index (χ4v) is 5.18. The van der Waals surface area contributed by atoms with Crippen LogP contribution in [0.1, 0.15) is 67.2 Å². The van der Waals surface area contributed by atoms with E-state index in [-0.39, 0.29) is 17.9 Å². The van der Waals surface area contributed by atoms with Gasteiger partial charge in [-0.1, -0.05) is 97.1 Å². The lowest BCUT2D eigenvalue weighted by Gasteiger charge is -2.33. The Labute approximate surface area is 233 Å². The van der Waals surface area contributed by atoms with E-state index in [0.29, 0.717) is 32.4 Å². The number of nitrogens with one attached hydrogen (secondary N) is 1. The Morgan fingerprint density at radius 1 is 0.846 bits per heavy atom. The van der Waals surface area contributed by atoms with Gasteiger partial charge in [-0.25, -0.2) is 0 Å². The first kappa shape index (κ1) is 28.4.